The van der Waals surface area contributed by atoms with Crippen molar-refractivity contribution in [3.8, 4) is 11.3 Å². The Morgan fingerprint density at radius 1 is 0.935 bits per heavy atom. The molecule has 0 bridgehead atoms. The number of nitrogens with zero attached hydrogens (tertiary/aromatic N) is 5. The molecule has 2 amide bonds. The number of aliphatic hydroxyl groups is 1. The quantitative estimate of drug-likeness (QED) is 0.182. The fourth-order valence-electron chi connectivity index (χ4n) is 6.09. The van der Waals surface area contributed by atoms with Crippen LogP contribution >= 0.6 is 0 Å². The number of hydrogen-bond acceptors (Lipinski definition) is 7. The third kappa shape index (κ3) is 8.27. The van der Waals surface area contributed by atoms with Crippen LogP contribution in [0.25, 0.3) is 22.3 Å². The number of amides is 2. The van der Waals surface area contributed by atoms with Gasteiger partial charge in [-0.15, -0.1) is 0 Å². The second-order valence-corrected chi connectivity index (χ2v) is 12.4. The summed E-state index contributed by atoms with van der Waals surface area (Å²) in [6, 6.07) is 17.7. The van der Waals surface area contributed by atoms with E-state index in [-0.39, 0.29) is 29.4 Å². The minimum absolute atomic E-state index is 0.0393. The van der Waals surface area contributed by atoms with Crippen LogP contribution in [-0.4, -0.2) is 66.4 Å². The Kier molecular flexibility index (Phi) is 11.0. The summed E-state index contributed by atoms with van der Waals surface area (Å²) >= 11 is 0. The molecule has 0 spiro atoms. The summed E-state index contributed by atoms with van der Waals surface area (Å²) in [7, 11) is 1.78. The van der Waals surface area contributed by atoms with Gasteiger partial charge in [0.15, 0.2) is 5.52 Å². The van der Waals surface area contributed by atoms with Crippen molar-refractivity contribution >= 4 is 22.8 Å². The number of piperidine rings is 1. The lowest BCUT2D eigenvalue weighted by atomic mass is 9.91. The first-order valence-electron chi connectivity index (χ1n) is 16.3. The van der Waals surface area contributed by atoms with Crippen LogP contribution < -0.4 is 16.6 Å². The summed E-state index contributed by atoms with van der Waals surface area (Å²) in [6.45, 7) is 2.10. The van der Waals surface area contributed by atoms with Gasteiger partial charge in [0.1, 0.15) is 5.52 Å². The first-order chi connectivity index (χ1) is 22.3. The van der Waals surface area contributed by atoms with E-state index < -0.39 is 5.60 Å². The second kappa shape index (κ2) is 15.3. The van der Waals surface area contributed by atoms with E-state index in [2.05, 4.69) is 15.4 Å². The maximum atomic E-state index is 13.5. The van der Waals surface area contributed by atoms with Gasteiger partial charge in [-0.2, -0.15) is 5.10 Å². The van der Waals surface area contributed by atoms with Crippen molar-refractivity contribution < 1.29 is 14.7 Å². The molecular weight excluding hydrogens is 582 g/mol. The lowest BCUT2D eigenvalue weighted by molar-refractivity contribution is -0.135. The smallest absolute Gasteiger partial charge is 0.281 e. The van der Waals surface area contributed by atoms with Crippen molar-refractivity contribution in [3.05, 3.63) is 82.4 Å². The average molecular weight is 628 g/mol. The minimum Gasteiger partial charge on any atom is -0.388 e. The van der Waals surface area contributed by atoms with E-state index in [4.69, 9.17) is 5.73 Å². The monoisotopic (exact) mass is 627 g/mol. The summed E-state index contributed by atoms with van der Waals surface area (Å²) < 4.78 is 3.08. The Balaban J connectivity index is 1.18. The summed E-state index contributed by atoms with van der Waals surface area (Å²) in [6.07, 6.45) is 7.78. The summed E-state index contributed by atoms with van der Waals surface area (Å²) in [4.78, 5) is 44.9. The molecule has 11 nitrogen and oxygen atoms in total. The third-order valence-corrected chi connectivity index (χ3v) is 8.87. The number of carbonyl (C=O) groups is 2. The lowest BCUT2D eigenvalue weighted by Crippen LogP contribution is -2.49. The van der Waals surface area contributed by atoms with E-state index in [1.165, 1.54) is 10.9 Å². The molecule has 3 heterocycles. The Labute approximate surface area is 269 Å². The van der Waals surface area contributed by atoms with Crippen molar-refractivity contribution in [2.75, 3.05) is 19.6 Å². The number of fused-ring (bicyclic) bond motifs is 1. The lowest BCUT2D eigenvalue weighted by Gasteiger charge is -2.38. The van der Waals surface area contributed by atoms with Gasteiger partial charge in [-0.1, -0.05) is 67.4 Å². The fourth-order valence-corrected chi connectivity index (χ4v) is 6.09. The largest absolute Gasteiger partial charge is 0.388 e. The first kappa shape index (κ1) is 33.0. The Morgan fingerprint density at radius 3 is 2.37 bits per heavy atom. The van der Waals surface area contributed by atoms with Crippen LogP contribution in [0.3, 0.4) is 0 Å². The predicted molar refractivity (Wildman–Crippen MR) is 178 cm³/mol. The zero-order valence-electron chi connectivity index (χ0n) is 26.7. The van der Waals surface area contributed by atoms with E-state index in [9.17, 15) is 19.5 Å². The molecule has 0 saturated carbocycles. The second-order valence-electron chi connectivity index (χ2n) is 12.4. The average Bonchev–Trinajstić information content (AvgIpc) is 3.41. The fraction of sp³-hybridized carbons (Fsp3) is 0.457. The molecule has 46 heavy (non-hydrogen) atoms. The van der Waals surface area contributed by atoms with Gasteiger partial charge in [0.2, 0.25) is 11.8 Å². The topological polar surface area (TPSA) is 148 Å². The number of hydrogen-bond donors (Lipinski definition) is 3. The number of rotatable bonds is 14. The van der Waals surface area contributed by atoms with Gasteiger partial charge < -0.3 is 21.1 Å². The van der Waals surface area contributed by atoms with Crippen molar-refractivity contribution in [2.24, 2.45) is 12.8 Å². The predicted octanol–water partition coefficient (Wildman–Crippen LogP) is 3.31. The molecule has 5 rings (SSSR count). The van der Waals surface area contributed by atoms with E-state index in [1.54, 1.807) is 16.6 Å². The zero-order chi connectivity index (χ0) is 32.5. The number of nitrogens with one attached hydrogen (secondary N) is 1. The van der Waals surface area contributed by atoms with Gasteiger partial charge in [0.25, 0.3) is 5.56 Å². The number of aromatic nitrogens is 4. The van der Waals surface area contributed by atoms with Gasteiger partial charge in [0.05, 0.1) is 24.2 Å². The maximum Gasteiger partial charge on any atom is 0.281 e. The van der Waals surface area contributed by atoms with E-state index in [1.807, 2.05) is 54.6 Å². The van der Waals surface area contributed by atoms with Crippen LogP contribution in [0.15, 0.2) is 65.7 Å². The molecule has 2 aromatic carbocycles. The first-order valence-corrected chi connectivity index (χ1v) is 16.3. The molecule has 1 aliphatic heterocycles. The molecule has 0 radical (unpaired) electrons. The molecule has 4 aromatic rings. The Bertz CT molecular complexity index is 1670. The highest BCUT2D eigenvalue weighted by Gasteiger charge is 2.35. The highest BCUT2D eigenvalue weighted by Crippen LogP contribution is 2.27. The van der Waals surface area contributed by atoms with Crippen LogP contribution in [0.1, 0.15) is 62.5 Å². The van der Waals surface area contributed by atoms with E-state index >= 15 is 0 Å². The minimum atomic E-state index is -1.12. The number of nitrogens with two attached hydrogens (primary N) is 1. The van der Waals surface area contributed by atoms with Crippen molar-refractivity contribution in [3.63, 3.8) is 0 Å². The zero-order valence-corrected chi connectivity index (χ0v) is 26.7. The molecule has 1 aliphatic rings. The molecule has 0 unspecified atom stereocenters. The van der Waals surface area contributed by atoms with E-state index in [0.29, 0.717) is 69.5 Å². The van der Waals surface area contributed by atoms with Crippen LogP contribution in [-0.2, 0) is 36.1 Å². The summed E-state index contributed by atoms with van der Waals surface area (Å²) in [5, 5.41) is 18.8. The molecule has 1 saturated heterocycles. The Morgan fingerprint density at radius 2 is 1.65 bits per heavy atom. The summed E-state index contributed by atoms with van der Waals surface area (Å²) in [5.74, 6) is 0.118. The van der Waals surface area contributed by atoms with Crippen LogP contribution in [0, 0.1) is 0 Å². The van der Waals surface area contributed by atoms with E-state index in [0.717, 1.165) is 42.4 Å². The number of unbranched alkanes of at least 4 members (excludes halogenated alkanes) is 3. The molecular formula is C35H45N7O4. The molecule has 0 aliphatic carbocycles. The standard InChI is InChI=1S/C35H45N7O4/c1-40-33(28-15-12-27(13-16-28)23-37-29(43)11-7-2-3-8-20-36)31-32(39-40)34(45)42(25-38-31)24-35(46)18-21-41(22-19-35)30(44)17-14-26-9-5-4-6-10-26/h4-6,9-10,12-13,15-16,25,46H,2-3,7-8,11,14,17-24,36H2,1H3,(H,37,43). The Hall–Kier alpha value is -4.35. The molecule has 0 atom stereocenters. The van der Waals surface area contributed by atoms with Crippen LogP contribution in [0.2, 0.25) is 0 Å². The molecule has 4 N–H and O–H groups in total. The van der Waals surface area contributed by atoms with Gasteiger partial charge in [-0.3, -0.25) is 23.6 Å². The molecule has 244 valence electrons. The number of benzene rings is 2. The number of carbonyl (C=O) groups excluding carboxylic acids is 2. The van der Waals surface area contributed by atoms with Crippen molar-refractivity contribution in [1.29, 1.82) is 0 Å². The molecule has 2 aromatic heterocycles. The van der Waals surface area contributed by atoms with Gasteiger partial charge in [-0.25, -0.2) is 4.98 Å². The van der Waals surface area contributed by atoms with Crippen molar-refractivity contribution in [1.82, 2.24) is 29.5 Å². The maximum absolute atomic E-state index is 13.5. The SMILES string of the molecule is Cn1nc2c(=O)n(CC3(O)CCN(C(=O)CCc4ccccc4)CC3)cnc2c1-c1ccc(CNC(=O)CCCCCCN)cc1. The molecule has 11 heteroatoms. The normalized spacial score (nSPS) is 14.5. The highest BCUT2D eigenvalue weighted by atomic mass is 16.3. The number of aryl methyl sites for hydroxylation is 2. The van der Waals surface area contributed by atoms with Crippen molar-refractivity contribution in [2.45, 2.75) is 76.5 Å². The summed E-state index contributed by atoms with van der Waals surface area (Å²) in [5.41, 5.74) is 8.48. The van der Waals surface area contributed by atoms with Gasteiger partial charge >= 0.3 is 0 Å². The van der Waals surface area contributed by atoms with Crippen LogP contribution in [0.4, 0.5) is 0 Å². The molecule has 1 fully saturated rings. The number of likely N-dealkylation sites (tertiary alicyclic amines) is 1. The highest BCUT2D eigenvalue weighted by molar-refractivity contribution is 5.89. The third-order valence-electron chi connectivity index (χ3n) is 8.87. The van der Waals surface area contributed by atoms with Gasteiger partial charge in [-0.05, 0) is 49.8 Å². The van der Waals surface area contributed by atoms with Gasteiger partial charge in [0, 0.05) is 45.1 Å². The van der Waals surface area contributed by atoms with Crippen LogP contribution in [0.5, 0.6) is 0 Å².